The Hall–Kier alpha value is -1.48. The average Bonchev–Trinajstić information content (AvgIpc) is 2.69. The van der Waals surface area contributed by atoms with Gasteiger partial charge in [-0.15, -0.1) is 11.3 Å². The highest BCUT2D eigenvalue weighted by Gasteiger charge is 1.87. The van der Waals surface area contributed by atoms with Crippen molar-refractivity contribution in [1.29, 1.82) is 0 Å². The molecule has 2 rings (SSSR count). The van der Waals surface area contributed by atoms with E-state index in [-0.39, 0.29) is 0 Å². The third kappa shape index (κ3) is 2.23. The molecule has 0 aliphatic heterocycles. The van der Waals surface area contributed by atoms with Crippen LogP contribution in [0.15, 0.2) is 36.0 Å². The topological polar surface area (TPSA) is 25.8 Å². The normalized spacial score (nSPS) is 10.8. The maximum Gasteiger partial charge on any atom is 0.0568 e. The predicted molar refractivity (Wildman–Crippen MR) is 55.3 cm³/mol. The van der Waals surface area contributed by atoms with Gasteiger partial charge in [0.15, 0.2) is 0 Å². The Morgan fingerprint density at radius 2 is 2.15 bits per heavy atom. The van der Waals surface area contributed by atoms with Gasteiger partial charge in [0.25, 0.3) is 0 Å². The van der Waals surface area contributed by atoms with Crippen molar-refractivity contribution in [3.8, 4) is 0 Å². The van der Waals surface area contributed by atoms with Crippen molar-refractivity contribution in [2.75, 3.05) is 0 Å². The SMILES string of the molecule is C(=Cc1cccs1)c1ccnnc1. The molecule has 64 valence electrons. The van der Waals surface area contributed by atoms with Crippen LogP contribution >= 0.6 is 11.3 Å². The van der Waals surface area contributed by atoms with Gasteiger partial charge in [0.1, 0.15) is 0 Å². The third-order valence-electron chi connectivity index (χ3n) is 1.59. The Morgan fingerprint density at radius 1 is 1.15 bits per heavy atom. The van der Waals surface area contributed by atoms with Crippen molar-refractivity contribution in [2.24, 2.45) is 0 Å². The highest BCUT2D eigenvalue weighted by Crippen LogP contribution is 2.12. The third-order valence-corrected chi connectivity index (χ3v) is 2.43. The number of rotatable bonds is 2. The first-order chi connectivity index (χ1) is 6.45. The van der Waals surface area contributed by atoms with Crippen molar-refractivity contribution >= 4 is 23.5 Å². The Labute approximate surface area is 80.6 Å². The zero-order chi connectivity index (χ0) is 8.93. The first-order valence-corrected chi connectivity index (χ1v) is 4.81. The Morgan fingerprint density at radius 3 is 2.85 bits per heavy atom. The van der Waals surface area contributed by atoms with Crippen molar-refractivity contribution < 1.29 is 0 Å². The monoisotopic (exact) mass is 188 g/mol. The fourth-order valence-electron chi connectivity index (χ4n) is 0.964. The largest absolute Gasteiger partial charge is 0.159 e. The molecule has 2 aromatic heterocycles. The lowest BCUT2D eigenvalue weighted by atomic mass is 10.3. The lowest BCUT2D eigenvalue weighted by Crippen LogP contribution is -1.78. The second-order valence-electron chi connectivity index (χ2n) is 2.52. The maximum atomic E-state index is 3.79. The van der Waals surface area contributed by atoms with Crippen molar-refractivity contribution in [3.05, 3.63) is 46.4 Å². The summed E-state index contributed by atoms with van der Waals surface area (Å²) in [6.45, 7) is 0. The van der Waals surface area contributed by atoms with Crippen LogP contribution in [-0.2, 0) is 0 Å². The van der Waals surface area contributed by atoms with Gasteiger partial charge in [-0.3, -0.25) is 0 Å². The van der Waals surface area contributed by atoms with Gasteiger partial charge in [0.05, 0.1) is 12.4 Å². The molecule has 0 aliphatic carbocycles. The molecule has 0 bridgehead atoms. The van der Waals surface area contributed by atoms with Crippen LogP contribution in [0.2, 0.25) is 0 Å². The highest BCUT2D eigenvalue weighted by molar-refractivity contribution is 7.10. The van der Waals surface area contributed by atoms with E-state index in [0.29, 0.717) is 0 Å². The van der Waals surface area contributed by atoms with Gasteiger partial charge < -0.3 is 0 Å². The molecule has 0 radical (unpaired) electrons. The Bertz CT molecular complexity index is 379. The maximum absolute atomic E-state index is 3.79. The molecule has 0 unspecified atom stereocenters. The molecule has 0 saturated heterocycles. The van der Waals surface area contributed by atoms with E-state index in [1.165, 1.54) is 4.88 Å². The standard InChI is InChI=1S/C10H8N2S/c1-2-10(13-7-1)4-3-9-5-6-11-12-8-9/h1-8H. The molecule has 2 aromatic rings. The van der Waals surface area contributed by atoms with Crippen LogP contribution in [-0.4, -0.2) is 10.2 Å². The van der Waals surface area contributed by atoms with E-state index in [9.17, 15) is 0 Å². The van der Waals surface area contributed by atoms with Crippen LogP contribution < -0.4 is 0 Å². The molecule has 0 aromatic carbocycles. The van der Waals surface area contributed by atoms with E-state index in [1.54, 1.807) is 23.7 Å². The van der Waals surface area contributed by atoms with Crippen LogP contribution in [0.25, 0.3) is 12.2 Å². The molecule has 0 spiro atoms. The molecule has 0 amide bonds. The summed E-state index contributed by atoms with van der Waals surface area (Å²) < 4.78 is 0. The lowest BCUT2D eigenvalue weighted by Gasteiger charge is -1.88. The van der Waals surface area contributed by atoms with Gasteiger partial charge in [0, 0.05) is 4.88 Å². The predicted octanol–water partition coefficient (Wildman–Crippen LogP) is 2.71. The van der Waals surface area contributed by atoms with E-state index in [1.807, 2.05) is 18.2 Å². The second-order valence-corrected chi connectivity index (χ2v) is 3.50. The van der Waals surface area contributed by atoms with Crippen LogP contribution in [0.5, 0.6) is 0 Å². The molecule has 0 saturated carbocycles. The number of hydrogen-bond acceptors (Lipinski definition) is 3. The highest BCUT2D eigenvalue weighted by atomic mass is 32.1. The molecular weight excluding hydrogens is 180 g/mol. The van der Waals surface area contributed by atoms with Gasteiger partial charge in [-0.25, -0.2) is 0 Å². The minimum atomic E-state index is 1.07. The summed E-state index contributed by atoms with van der Waals surface area (Å²) in [5, 5.41) is 9.56. The van der Waals surface area contributed by atoms with Crippen LogP contribution in [0.4, 0.5) is 0 Å². The Kier molecular flexibility index (Phi) is 2.48. The second kappa shape index (κ2) is 3.96. The summed E-state index contributed by atoms with van der Waals surface area (Å²) in [5.74, 6) is 0. The summed E-state index contributed by atoms with van der Waals surface area (Å²) in [6, 6.07) is 6.04. The van der Waals surface area contributed by atoms with E-state index in [4.69, 9.17) is 0 Å². The van der Waals surface area contributed by atoms with E-state index >= 15 is 0 Å². The van der Waals surface area contributed by atoms with Crippen LogP contribution in [0.1, 0.15) is 10.4 Å². The quantitative estimate of drug-likeness (QED) is 0.724. The number of thiophene rings is 1. The smallest absolute Gasteiger partial charge is 0.0568 e. The number of nitrogens with zero attached hydrogens (tertiary/aromatic N) is 2. The van der Waals surface area contributed by atoms with Crippen molar-refractivity contribution in [1.82, 2.24) is 10.2 Å². The zero-order valence-electron chi connectivity index (χ0n) is 6.92. The molecule has 2 heterocycles. The van der Waals surface area contributed by atoms with E-state index in [0.717, 1.165) is 5.56 Å². The van der Waals surface area contributed by atoms with Gasteiger partial charge in [0.2, 0.25) is 0 Å². The minimum absolute atomic E-state index is 1.07. The van der Waals surface area contributed by atoms with Crippen molar-refractivity contribution in [3.63, 3.8) is 0 Å². The van der Waals surface area contributed by atoms with Crippen LogP contribution in [0.3, 0.4) is 0 Å². The van der Waals surface area contributed by atoms with Crippen molar-refractivity contribution in [2.45, 2.75) is 0 Å². The fourth-order valence-corrected chi connectivity index (χ4v) is 1.58. The number of aromatic nitrogens is 2. The summed E-state index contributed by atoms with van der Waals surface area (Å²) >= 11 is 1.72. The first-order valence-electron chi connectivity index (χ1n) is 3.93. The van der Waals surface area contributed by atoms with E-state index in [2.05, 4.69) is 27.7 Å². The molecule has 0 N–H and O–H groups in total. The zero-order valence-corrected chi connectivity index (χ0v) is 7.74. The summed E-state index contributed by atoms with van der Waals surface area (Å²) in [7, 11) is 0. The number of hydrogen-bond donors (Lipinski definition) is 0. The van der Waals surface area contributed by atoms with Gasteiger partial charge in [-0.2, -0.15) is 10.2 Å². The molecule has 2 nitrogen and oxygen atoms in total. The molecule has 0 atom stereocenters. The van der Waals surface area contributed by atoms with Gasteiger partial charge >= 0.3 is 0 Å². The average molecular weight is 188 g/mol. The molecular formula is C10H8N2S. The lowest BCUT2D eigenvalue weighted by molar-refractivity contribution is 1.03. The fraction of sp³-hybridized carbons (Fsp3) is 0. The first kappa shape index (κ1) is 8.13. The Balaban J connectivity index is 2.15. The summed E-state index contributed by atoms with van der Waals surface area (Å²) in [5.41, 5.74) is 1.07. The van der Waals surface area contributed by atoms with Crippen LogP contribution in [0, 0.1) is 0 Å². The summed E-state index contributed by atoms with van der Waals surface area (Å²) in [6.07, 6.45) is 7.53. The molecule has 3 heteroatoms. The summed E-state index contributed by atoms with van der Waals surface area (Å²) in [4.78, 5) is 1.25. The van der Waals surface area contributed by atoms with E-state index < -0.39 is 0 Å². The van der Waals surface area contributed by atoms with Gasteiger partial charge in [-0.1, -0.05) is 12.1 Å². The van der Waals surface area contributed by atoms with Gasteiger partial charge in [-0.05, 0) is 29.2 Å². The molecule has 0 aliphatic rings. The molecule has 13 heavy (non-hydrogen) atoms. The molecule has 0 fully saturated rings. The minimum Gasteiger partial charge on any atom is -0.159 e.